The van der Waals surface area contributed by atoms with Gasteiger partial charge >= 0.3 is 6.18 Å². The summed E-state index contributed by atoms with van der Waals surface area (Å²) in [5, 5.41) is 12.8. The molecule has 2 N–H and O–H groups in total. The molecule has 0 aliphatic heterocycles. The van der Waals surface area contributed by atoms with Crippen molar-refractivity contribution in [2.75, 3.05) is 11.9 Å². The molecule has 0 atom stereocenters. The Labute approximate surface area is 187 Å². The van der Waals surface area contributed by atoms with Crippen molar-refractivity contribution < 1.29 is 22.3 Å². The van der Waals surface area contributed by atoms with Gasteiger partial charge in [-0.05, 0) is 35.9 Å². The average Bonchev–Trinajstić information content (AvgIpc) is 3.13. The van der Waals surface area contributed by atoms with E-state index in [0.29, 0.717) is 40.1 Å². The molecule has 5 nitrogen and oxygen atoms in total. The number of anilines is 2. The lowest BCUT2D eigenvalue weighted by molar-refractivity contribution is -0.137. The Balaban J connectivity index is 0.00000306. The fourth-order valence-electron chi connectivity index (χ4n) is 3.17. The van der Waals surface area contributed by atoms with Gasteiger partial charge in [-0.25, -0.2) is 9.37 Å². The zero-order valence-electron chi connectivity index (χ0n) is 16.5. The van der Waals surface area contributed by atoms with Crippen LogP contribution >= 0.6 is 0 Å². The summed E-state index contributed by atoms with van der Waals surface area (Å²) in [6.07, 6.45) is -2.71. The summed E-state index contributed by atoms with van der Waals surface area (Å²) in [6, 6.07) is 14.9. The molecule has 0 saturated heterocycles. The number of hydrogen-bond acceptors (Lipinski definition) is 4. The number of rotatable bonds is 6. The van der Waals surface area contributed by atoms with E-state index in [1.807, 2.05) is 6.07 Å². The third kappa shape index (κ3) is 5.60. The maximum absolute atomic E-state index is 13.6. The highest BCUT2D eigenvalue weighted by atomic mass is 19.4. The number of H-pyrrole nitrogens is 1. The molecule has 170 valence electrons. The number of nitrogens with zero attached hydrogens (tertiary/aromatic N) is 2. The van der Waals surface area contributed by atoms with Crippen molar-refractivity contribution in [3.8, 4) is 11.8 Å². The van der Waals surface area contributed by atoms with Crippen LogP contribution in [0.25, 0.3) is 10.9 Å². The van der Waals surface area contributed by atoms with Gasteiger partial charge in [0.1, 0.15) is 29.1 Å². The first kappa shape index (κ1) is 23.6. The number of fused-ring (bicyclic) bond motifs is 1. The smallest absolute Gasteiger partial charge is 0.416 e. The second-order valence-electron chi connectivity index (χ2n) is 7.00. The van der Waals surface area contributed by atoms with Gasteiger partial charge in [-0.3, -0.25) is 0 Å². The highest BCUT2D eigenvalue weighted by Crippen LogP contribution is 2.29. The van der Waals surface area contributed by atoms with E-state index in [4.69, 9.17) is 4.74 Å². The largest absolute Gasteiger partial charge is 0.493 e. The summed E-state index contributed by atoms with van der Waals surface area (Å²) in [7, 11) is 0. The molecule has 0 radical (unpaired) electrons. The monoisotopic (exact) mass is 456 g/mol. The number of halogens is 4. The Morgan fingerprint density at radius 3 is 2.52 bits per heavy atom. The summed E-state index contributed by atoms with van der Waals surface area (Å²) < 4.78 is 57.3. The lowest BCUT2D eigenvalue weighted by Gasteiger charge is -2.11. The number of benzene rings is 2. The average molecular weight is 456 g/mol. The van der Waals surface area contributed by atoms with Crippen molar-refractivity contribution in [2.24, 2.45) is 0 Å². The number of pyridine rings is 1. The number of nitrogens with one attached hydrogen (secondary N) is 2. The maximum Gasteiger partial charge on any atom is 0.416 e. The SMILES string of the molecule is C.N#Cc1cc(OCCc2ccc(C(F)(F)F)cc2)cc(Nc2ccc3c(F)c[nH]c3c2)n1. The molecular formula is C24H20F4N4O. The number of ether oxygens (including phenoxy) is 1. The van der Waals surface area contributed by atoms with Crippen LogP contribution in [0.2, 0.25) is 0 Å². The van der Waals surface area contributed by atoms with Gasteiger partial charge < -0.3 is 15.0 Å². The van der Waals surface area contributed by atoms with Crippen molar-refractivity contribution in [3.63, 3.8) is 0 Å². The molecule has 0 aliphatic carbocycles. The van der Waals surface area contributed by atoms with E-state index in [1.54, 1.807) is 24.3 Å². The number of aromatic amines is 1. The van der Waals surface area contributed by atoms with Gasteiger partial charge in [0.25, 0.3) is 0 Å². The van der Waals surface area contributed by atoms with Crippen LogP contribution < -0.4 is 10.1 Å². The van der Waals surface area contributed by atoms with Crippen LogP contribution in [-0.2, 0) is 12.6 Å². The molecule has 0 fully saturated rings. The molecule has 2 aromatic carbocycles. The first-order valence-corrected chi connectivity index (χ1v) is 9.56. The van der Waals surface area contributed by atoms with Crippen molar-refractivity contribution >= 4 is 22.4 Å². The topological polar surface area (TPSA) is 73.7 Å². The molecule has 2 aromatic heterocycles. The maximum atomic E-state index is 13.6. The fourth-order valence-corrected chi connectivity index (χ4v) is 3.17. The number of hydrogen-bond donors (Lipinski definition) is 2. The number of aromatic nitrogens is 2. The third-order valence-corrected chi connectivity index (χ3v) is 4.76. The highest BCUT2D eigenvalue weighted by molar-refractivity contribution is 5.84. The van der Waals surface area contributed by atoms with E-state index in [9.17, 15) is 22.8 Å². The Morgan fingerprint density at radius 1 is 1.06 bits per heavy atom. The summed E-state index contributed by atoms with van der Waals surface area (Å²) in [4.78, 5) is 7.02. The Kier molecular flexibility index (Phi) is 6.87. The predicted molar refractivity (Wildman–Crippen MR) is 118 cm³/mol. The predicted octanol–water partition coefficient (Wildman–Crippen LogP) is 6.59. The van der Waals surface area contributed by atoms with Crippen LogP contribution in [0.5, 0.6) is 5.75 Å². The van der Waals surface area contributed by atoms with Gasteiger partial charge in [0.2, 0.25) is 0 Å². The lowest BCUT2D eigenvalue weighted by atomic mass is 10.1. The van der Waals surface area contributed by atoms with Crippen molar-refractivity contribution in [1.29, 1.82) is 5.26 Å². The van der Waals surface area contributed by atoms with Gasteiger partial charge in [-0.15, -0.1) is 0 Å². The van der Waals surface area contributed by atoms with Crippen LogP contribution in [0.4, 0.5) is 29.1 Å². The quantitative estimate of drug-likeness (QED) is 0.321. The molecule has 4 aromatic rings. The highest BCUT2D eigenvalue weighted by Gasteiger charge is 2.29. The second-order valence-corrected chi connectivity index (χ2v) is 7.00. The summed E-state index contributed by atoms with van der Waals surface area (Å²) >= 11 is 0. The Morgan fingerprint density at radius 2 is 1.82 bits per heavy atom. The molecule has 0 bridgehead atoms. The van der Waals surface area contributed by atoms with E-state index < -0.39 is 11.7 Å². The van der Waals surface area contributed by atoms with Crippen molar-refractivity contribution in [1.82, 2.24) is 9.97 Å². The Hall–Kier alpha value is -4.06. The van der Waals surface area contributed by atoms with E-state index in [0.717, 1.165) is 12.1 Å². The number of alkyl halides is 3. The molecular weight excluding hydrogens is 436 g/mol. The van der Waals surface area contributed by atoms with E-state index in [1.165, 1.54) is 24.4 Å². The van der Waals surface area contributed by atoms with Gasteiger partial charge in [0.05, 0.1) is 17.7 Å². The molecule has 0 spiro atoms. The van der Waals surface area contributed by atoms with Crippen LogP contribution in [0.3, 0.4) is 0 Å². The van der Waals surface area contributed by atoms with Crippen LogP contribution in [-0.4, -0.2) is 16.6 Å². The van der Waals surface area contributed by atoms with Gasteiger partial charge in [0, 0.05) is 35.8 Å². The Bertz CT molecular complexity index is 1290. The van der Waals surface area contributed by atoms with Crippen LogP contribution in [0, 0.1) is 17.1 Å². The molecule has 2 heterocycles. The summed E-state index contributed by atoms with van der Waals surface area (Å²) in [5.74, 6) is 0.401. The zero-order chi connectivity index (χ0) is 22.7. The van der Waals surface area contributed by atoms with Crippen LogP contribution in [0.15, 0.2) is 60.8 Å². The van der Waals surface area contributed by atoms with Crippen molar-refractivity contribution in [2.45, 2.75) is 20.0 Å². The first-order valence-electron chi connectivity index (χ1n) is 9.56. The number of nitriles is 1. The standard InChI is InChI=1S/C23H16F4N4O.CH4/c24-20-13-29-21-10-16(5-6-19(20)21)30-22-11-18(9-17(12-28)31-22)32-8-7-14-1-3-15(4-2-14)23(25,26)27;/h1-6,9-11,13,29H,7-8H2,(H,30,31);1H4. The summed E-state index contributed by atoms with van der Waals surface area (Å²) in [6.45, 7) is 0.202. The van der Waals surface area contributed by atoms with Crippen molar-refractivity contribution in [3.05, 3.63) is 83.4 Å². The minimum absolute atomic E-state index is 0. The minimum Gasteiger partial charge on any atom is -0.493 e. The lowest BCUT2D eigenvalue weighted by Crippen LogP contribution is -2.06. The van der Waals surface area contributed by atoms with E-state index >= 15 is 0 Å². The first-order chi connectivity index (χ1) is 15.3. The molecule has 0 amide bonds. The van der Waals surface area contributed by atoms with Crippen LogP contribution in [0.1, 0.15) is 24.2 Å². The molecule has 0 saturated carbocycles. The minimum atomic E-state index is -4.37. The zero-order valence-corrected chi connectivity index (χ0v) is 16.5. The molecule has 9 heteroatoms. The normalized spacial score (nSPS) is 11.0. The molecule has 4 rings (SSSR count). The molecule has 33 heavy (non-hydrogen) atoms. The third-order valence-electron chi connectivity index (χ3n) is 4.76. The summed E-state index contributed by atoms with van der Waals surface area (Å²) in [5.41, 5.74) is 1.37. The molecule has 0 aliphatic rings. The fraction of sp³-hybridized carbons (Fsp3) is 0.167. The van der Waals surface area contributed by atoms with Gasteiger partial charge in [0.15, 0.2) is 0 Å². The van der Waals surface area contributed by atoms with Gasteiger partial charge in [-0.2, -0.15) is 18.4 Å². The van der Waals surface area contributed by atoms with E-state index in [2.05, 4.69) is 15.3 Å². The molecule has 0 unspecified atom stereocenters. The van der Waals surface area contributed by atoms with E-state index in [-0.39, 0.29) is 25.5 Å². The second kappa shape index (κ2) is 9.61. The van der Waals surface area contributed by atoms with Gasteiger partial charge in [-0.1, -0.05) is 19.6 Å².